The number of anilines is 1. The maximum atomic E-state index is 13.5. The summed E-state index contributed by atoms with van der Waals surface area (Å²) in [6, 6.07) is 6.06. The van der Waals surface area contributed by atoms with Gasteiger partial charge in [-0.25, -0.2) is 14.4 Å². The molecule has 238 valence electrons. The van der Waals surface area contributed by atoms with Gasteiger partial charge in [0.25, 0.3) is 15.9 Å². The van der Waals surface area contributed by atoms with Crippen LogP contribution in [0.25, 0.3) is 5.82 Å². The summed E-state index contributed by atoms with van der Waals surface area (Å²) >= 11 is 0. The zero-order valence-electron chi connectivity index (χ0n) is 24.7. The predicted molar refractivity (Wildman–Crippen MR) is 154 cm³/mol. The largest absolute Gasteiger partial charge is 0.477 e. The lowest BCUT2D eigenvalue weighted by atomic mass is 9.93. The molecule has 1 atom stereocenters. The molecule has 2 aliphatic heterocycles. The summed E-state index contributed by atoms with van der Waals surface area (Å²) in [5.74, 6) is 0.483. The van der Waals surface area contributed by atoms with Crippen LogP contribution in [0.1, 0.15) is 75.6 Å². The van der Waals surface area contributed by atoms with Gasteiger partial charge in [0.15, 0.2) is 10.8 Å². The molecule has 1 aliphatic carbocycles. The van der Waals surface area contributed by atoms with E-state index < -0.39 is 27.5 Å². The number of hydrogen-bond donors (Lipinski definition) is 1. The predicted octanol–water partition coefficient (Wildman–Crippen LogP) is 4.87. The summed E-state index contributed by atoms with van der Waals surface area (Å²) in [5, 5.41) is 8.32. The number of aryl methyl sites for hydroxylation is 1. The molecule has 44 heavy (non-hydrogen) atoms. The highest BCUT2D eigenvalue weighted by molar-refractivity contribution is 7.90. The van der Waals surface area contributed by atoms with Gasteiger partial charge in [-0.15, -0.1) is 5.10 Å². The zero-order chi connectivity index (χ0) is 31.3. The number of nitrogens with zero attached hydrogens (tertiary/aromatic N) is 6. The summed E-state index contributed by atoms with van der Waals surface area (Å²) in [4.78, 5) is 20.4. The SMILES string of the molecule is CC1(C)C[C@H]2CCCCn3ccc(n3)S(=O)(=O)NC(=O)c3ccc(-n4ccc(OCCCC5(C(F)(F)F)CC5)n4)nc3N1C2. The number of carbonyl (C=O) groups is 1. The number of rotatable bonds is 6. The van der Waals surface area contributed by atoms with Crippen LogP contribution in [0, 0.1) is 11.3 Å². The third-order valence-corrected chi connectivity index (χ3v) is 10.2. The lowest BCUT2D eigenvalue weighted by molar-refractivity contribution is -0.189. The lowest BCUT2D eigenvalue weighted by Crippen LogP contribution is -2.41. The van der Waals surface area contributed by atoms with Gasteiger partial charge in [0.05, 0.1) is 17.6 Å². The summed E-state index contributed by atoms with van der Waals surface area (Å²) in [7, 11) is -4.23. The second kappa shape index (κ2) is 11.1. The minimum atomic E-state index is -4.23. The molecule has 15 heteroatoms. The third-order valence-electron chi connectivity index (χ3n) is 8.99. The van der Waals surface area contributed by atoms with Crippen LogP contribution in [-0.4, -0.2) is 63.7 Å². The molecule has 1 N–H and O–H groups in total. The fourth-order valence-corrected chi connectivity index (χ4v) is 7.29. The van der Waals surface area contributed by atoms with Crippen LogP contribution in [-0.2, 0) is 16.6 Å². The van der Waals surface area contributed by atoms with Crippen molar-refractivity contribution in [1.29, 1.82) is 0 Å². The summed E-state index contributed by atoms with van der Waals surface area (Å²) < 4.78 is 76.6. The average Bonchev–Trinajstić information content (AvgIpc) is 3.26. The van der Waals surface area contributed by atoms with E-state index >= 15 is 0 Å². The number of ether oxygens (including phenoxy) is 1. The van der Waals surface area contributed by atoms with Gasteiger partial charge in [0, 0.05) is 37.1 Å². The number of pyridine rings is 1. The molecule has 3 aliphatic rings. The fourth-order valence-electron chi connectivity index (χ4n) is 6.37. The monoisotopic (exact) mass is 635 g/mol. The molecular weight excluding hydrogens is 599 g/mol. The van der Waals surface area contributed by atoms with Crippen molar-refractivity contribution in [3.63, 3.8) is 0 Å². The number of alkyl halides is 3. The topological polar surface area (TPSA) is 124 Å². The van der Waals surface area contributed by atoms with Gasteiger partial charge >= 0.3 is 6.18 Å². The molecule has 5 heterocycles. The summed E-state index contributed by atoms with van der Waals surface area (Å²) in [5.41, 5.74) is -1.82. The first-order valence-corrected chi connectivity index (χ1v) is 16.4. The Balaban J connectivity index is 1.25. The first kappa shape index (κ1) is 30.4. The molecule has 0 aromatic carbocycles. The van der Waals surface area contributed by atoms with E-state index in [1.54, 1.807) is 29.2 Å². The lowest BCUT2D eigenvalue weighted by Gasteiger charge is -2.34. The van der Waals surface area contributed by atoms with Gasteiger partial charge < -0.3 is 9.64 Å². The van der Waals surface area contributed by atoms with E-state index in [9.17, 15) is 26.4 Å². The Labute approximate surface area is 253 Å². The van der Waals surface area contributed by atoms with Crippen LogP contribution in [0.4, 0.5) is 19.0 Å². The van der Waals surface area contributed by atoms with E-state index in [-0.39, 0.29) is 54.3 Å². The minimum Gasteiger partial charge on any atom is -0.477 e. The normalized spacial score (nSPS) is 22.4. The van der Waals surface area contributed by atoms with E-state index in [2.05, 4.69) is 33.7 Å². The molecule has 2 fully saturated rings. The third kappa shape index (κ3) is 6.02. The van der Waals surface area contributed by atoms with Gasteiger partial charge in [0.1, 0.15) is 5.82 Å². The van der Waals surface area contributed by atoms with Crippen molar-refractivity contribution >= 4 is 21.7 Å². The summed E-state index contributed by atoms with van der Waals surface area (Å²) in [6.45, 7) is 5.49. The van der Waals surface area contributed by atoms with Gasteiger partial charge in [-0.3, -0.25) is 9.48 Å². The molecule has 1 amide bonds. The molecule has 3 aromatic rings. The van der Waals surface area contributed by atoms with E-state index in [1.807, 2.05) is 0 Å². The Bertz CT molecular complexity index is 1650. The van der Waals surface area contributed by atoms with Crippen molar-refractivity contribution < 1.29 is 31.1 Å². The number of halogens is 3. The van der Waals surface area contributed by atoms with Gasteiger partial charge in [0.2, 0.25) is 5.88 Å². The highest BCUT2D eigenvalue weighted by atomic mass is 32.2. The molecule has 4 bridgehead atoms. The number of amides is 1. The molecular formula is C29H36F3N7O4S. The highest BCUT2D eigenvalue weighted by Crippen LogP contribution is 2.60. The summed E-state index contributed by atoms with van der Waals surface area (Å²) in [6.07, 6.45) is 3.27. The van der Waals surface area contributed by atoms with Gasteiger partial charge in [-0.05, 0) is 82.9 Å². The van der Waals surface area contributed by atoms with Crippen molar-refractivity contribution in [3.05, 3.63) is 42.2 Å². The molecule has 1 saturated carbocycles. The van der Waals surface area contributed by atoms with Crippen molar-refractivity contribution in [2.75, 3.05) is 18.1 Å². The number of sulfonamides is 1. The number of hydrogen-bond acceptors (Lipinski definition) is 8. The van der Waals surface area contributed by atoms with Crippen LogP contribution < -0.4 is 14.4 Å². The molecule has 0 spiro atoms. The van der Waals surface area contributed by atoms with Crippen molar-refractivity contribution in [3.8, 4) is 11.7 Å². The van der Waals surface area contributed by atoms with Crippen LogP contribution in [0.2, 0.25) is 0 Å². The second-order valence-electron chi connectivity index (χ2n) is 12.7. The van der Waals surface area contributed by atoms with Crippen molar-refractivity contribution in [2.24, 2.45) is 11.3 Å². The smallest absolute Gasteiger partial charge is 0.394 e. The van der Waals surface area contributed by atoms with Crippen LogP contribution in [0.15, 0.2) is 41.7 Å². The zero-order valence-corrected chi connectivity index (χ0v) is 25.5. The molecule has 11 nitrogen and oxygen atoms in total. The molecule has 0 unspecified atom stereocenters. The molecule has 3 aromatic heterocycles. The van der Waals surface area contributed by atoms with Gasteiger partial charge in [-0.2, -0.15) is 26.7 Å². The second-order valence-corrected chi connectivity index (χ2v) is 14.3. The first-order chi connectivity index (χ1) is 20.8. The van der Waals surface area contributed by atoms with Crippen molar-refractivity contribution in [1.82, 2.24) is 29.3 Å². The highest BCUT2D eigenvalue weighted by Gasteiger charge is 2.62. The maximum Gasteiger partial charge on any atom is 0.394 e. The molecule has 6 rings (SSSR count). The van der Waals surface area contributed by atoms with Gasteiger partial charge in [-0.1, -0.05) is 6.42 Å². The number of fused-ring (bicyclic) bond motifs is 6. The fraction of sp³-hybridized carbons (Fsp3) is 0.586. The van der Waals surface area contributed by atoms with Crippen LogP contribution in [0.5, 0.6) is 5.88 Å². The Kier molecular flexibility index (Phi) is 7.65. The average molecular weight is 636 g/mol. The van der Waals surface area contributed by atoms with E-state index in [0.717, 1.165) is 25.7 Å². The minimum absolute atomic E-state index is 0.0237. The molecule has 1 saturated heterocycles. The Morgan fingerprint density at radius 3 is 2.64 bits per heavy atom. The standard InChI is InChI=1S/C29H36F3N7O4S/c1-27(2)18-20-6-3-4-14-37-15-10-24(35-37)44(41,42)36-26(40)21-7-8-22(33-25(21)38(27)19-20)39-16-9-23(34-39)43-17-5-11-28(12-13-28)29(30,31)32/h7-10,15-16,20H,3-6,11-14,17-19H2,1-2H3,(H,36,40)/t20-/m1/s1. The van der Waals surface area contributed by atoms with Crippen molar-refractivity contribution in [2.45, 2.75) is 88.5 Å². The quantitative estimate of drug-likeness (QED) is 0.381. The number of aromatic nitrogens is 5. The van der Waals surface area contributed by atoms with E-state index in [0.29, 0.717) is 30.6 Å². The number of carbonyl (C=O) groups excluding carboxylic acids is 1. The van der Waals surface area contributed by atoms with E-state index in [4.69, 9.17) is 9.72 Å². The Hall–Kier alpha value is -3.62. The Morgan fingerprint density at radius 1 is 1.09 bits per heavy atom. The van der Waals surface area contributed by atoms with Crippen LogP contribution >= 0.6 is 0 Å². The Morgan fingerprint density at radius 2 is 1.89 bits per heavy atom. The first-order valence-electron chi connectivity index (χ1n) is 14.9. The number of nitrogens with one attached hydrogen (secondary N) is 1. The molecule has 0 radical (unpaired) electrons. The van der Waals surface area contributed by atoms with E-state index in [1.165, 1.54) is 16.8 Å². The maximum absolute atomic E-state index is 13.5. The van der Waals surface area contributed by atoms with Crippen LogP contribution in [0.3, 0.4) is 0 Å².